The minimum Gasteiger partial charge on any atom is -0.478 e. The van der Waals surface area contributed by atoms with Gasteiger partial charge in [-0.25, -0.2) is 10.6 Å². The molecule has 2 aromatic rings. The number of nitro groups is 1. The summed E-state index contributed by atoms with van der Waals surface area (Å²) in [5, 5.41) is 34.4. The molecule has 0 aromatic heterocycles. The van der Waals surface area contributed by atoms with Gasteiger partial charge in [-0.1, -0.05) is 19.9 Å². The van der Waals surface area contributed by atoms with Crippen LogP contribution < -0.4 is 11.2 Å². The van der Waals surface area contributed by atoms with E-state index in [1.165, 1.54) is 25.2 Å². The van der Waals surface area contributed by atoms with Crippen molar-refractivity contribution in [1.82, 2.24) is 0 Å². The first kappa shape index (κ1) is 23.5. The topological polar surface area (TPSA) is 175 Å². The van der Waals surface area contributed by atoms with Gasteiger partial charge in [-0.2, -0.15) is 5.41 Å². The highest BCUT2D eigenvalue weighted by Crippen LogP contribution is 2.29. The Kier molecular flexibility index (Phi) is 7.42. The normalized spacial score (nSPS) is 11.3. The lowest BCUT2D eigenvalue weighted by molar-refractivity contribution is -0.447. The van der Waals surface area contributed by atoms with Crippen LogP contribution in [0.1, 0.15) is 46.0 Å². The summed E-state index contributed by atoms with van der Waals surface area (Å²) < 4.78 is 1.07. The van der Waals surface area contributed by atoms with E-state index in [-0.39, 0.29) is 38.5 Å². The summed E-state index contributed by atoms with van der Waals surface area (Å²) in [6, 6.07) is 8.16. The number of thioether (sulfide) groups is 1. The number of hydrogen-bond acceptors (Lipinski definition) is 7. The molecule has 31 heavy (non-hydrogen) atoms. The number of carbonyl (C=O) groups excluding carboxylic acids is 1. The van der Waals surface area contributed by atoms with Crippen LogP contribution in [-0.4, -0.2) is 38.8 Å². The summed E-state index contributed by atoms with van der Waals surface area (Å²) in [6.45, 7) is 3.71. The molecular weight excluding hydrogens is 424 g/mol. The Hall–Kier alpha value is -3.80. The van der Waals surface area contributed by atoms with E-state index < -0.39 is 16.8 Å². The Labute approximate surface area is 181 Å². The SMILES string of the molecule is CC(C)c1ccc(NC(=O)c2cc([N+](=O)[O-])ccc2SC(=N)/[N+](C)=N\N)cc1C(=O)O. The quantitative estimate of drug-likeness (QED) is 0.0766. The molecule has 162 valence electrons. The van der Waals surface area contributed by atoms with Crippen molar-refractivity contribution in [3.8, 4) is 0 Å². The van der Waals surface area contributed by atoms with Crippen molar-refractivity contribution in [3.63, 3.8) is 0 Å². The number of amidine groups is 1. The molecule has 0 aliphatic carbocycles. The first-order chi connectivity index (χ1) is 14.5. The van der Waals surface area contributed by atoms with E-state index in [2.05, 4.69) is 10.5 Å². The fraction of sp³-hybridized carbons (Fsp3) is 0.211. The van der Waals surface area contributed by atoms with Crippen LogP contribution in [0.4, 0.5) is 11.4 Å². The van der Waals surface area contributed by atoms with Gasteiger partial charge in [-0.15, -0.1) is 4.70 Å². The highest BCUT2D eigenvalue weighted by molar-refractivity contribution is 8.13. The van der Waals surface area contributed by atoms with Crippen LogP contribution in [0.5, 0.6) is 0 Å². The predicted molar refractivity (Wildman–Crippen MR) is 115 cm³/mol. The summed E-state index contributed by atoms with van der Waals surface area (Å²) in [4.78, 5) is 35.3. The number of nitrogens with two attached hydrogens (primary N) is 1. The number of aromatic carboxylic acids is 1. The van der Waals surface area contributed by atoms with Crippen LogP contribution >= 0.6 is 11.8 Å². The van der Waals surface area contributed by atoms with Crippen molar-refractivity contribution in [3.05, 3.63) is 63.2 Å². The number of amides is 1. The molecule has 0 saturated carbocycles. The molecule has 0 atom stereocenters. The van der Waals surface area contributed by atoms with Gasteiger partial charge in [0.05, 0.1) is 23.1 Å². The van der Waals surface area contributed by atoms with Crippen LogP contribution in [-0.2, 0) is 0 Å². The predicted octanol–water partition coefficient (Wildman–Crippen LogP) is 3.66. The first-order valence-electron chi connectivity index (χ1n) is 8.93. The van der Waals surface area contributed by atoms with Crippen LogP contribution in [0.3, 0.4) is 0 Å². The van der Waals surface area contributed by atoms with Gasteiger partial charge in [0.15, 0.2) is 0 Å². The Bertz CT molecular complexity index is 1100. The van der Waals surface area contributed by atoms with E-state index in [0.29, 0.717) is 5.56 Å². The van der Waals surface area contributed by atoms with Crippen molar-refractivity contribution in [2.45, 2.75) is 24.7 Å². The largest absolute Gasteiger partial charge is 0.478 e. The van der Waals surface area contributed by atoms with Crippen LogP contribution in [0.25, 0.3) is 0 Å². The van der Waals surface area contributed by atoms with E-state index >= 15 is 0 Å². The highest BCUT2D eigenvalue weighted by atomic mass is 32.2. The Morgan fingerprint density at radius 2 is 1.90 bits per heavy atom. The molecular formula is C19H21N6O5S+. The Morgan fingerprint density at radius 3 is 2.45 bits per heavy atom. The van der Waals surface area contributed by atoms with E-state index in [4.69, 9.17) is 11.3 Å². The van der Waals surface area contributed by atoms with Crippen molar-refractivity contribution < 1.29 is 24.3 Å². The third-order valence-corrected chi connectivity index (χ3v) is 5.29. The lowest BCUT2D eigenvalue weighted by Crippen LogP contribution is -2.16. The van der Waals surface area contributed by atoms with Gasteiger partial charge >= 0.3 is 11.1 Å². The fourth-order valence-corrected chi connectivity index (χ4v) is 3.43. The number of nitrogens with zero attached hydrogens (tertiary/aromatic N) is 3. The number of nitro benzene ring substituents is 1. The van der Waals surface area contributed by atoms with Crippen molar-refractivity contribution >= 4 is 40.2 Å². The molecule has 0 bridgehead atoms. The number of benzene rings is 2. The number of anilines is 1. The van der Waals surface area contributed by atoms with Gasteiger partial charge in [-0.05, 0) is 41.4 Å². The maximum Gasteiger partial charge on any atom is 0.336 e. The van der Waals surface area contributed by atoms with Gasteiger partial charge in [-0.3, -0.25) is 14.9 Å². The summed E-state index contributed by atoms with van der Waals surface area (Å²) in [5.74, 6) is 3.28. The molecule has 12 heteroatoms. The minimum atomic E-state index is -1.13. The summed E-state index contributed by atoms with van der Waals surface area (Å²) in [7, 11) is 1.43. The second-order valence-corrected chi connectivity index (χ2v) is 7.73. The zero-order valence-electron chi connectivity index (χ0n) is 16.9. The first-order valence-corrected chi connectivity index (χ1v) is 9.74. The average molecular weight is 445 g/mol. The van der Waals surface area contributed by atoms with Crippen molar-refractivity contribution in [2.75, 3.05) is 12.4 Å². The smallest absolute Gasteiger partial charge is 0.336 e. The number of carboxylic acid groups (broad SMARTS) is 1. The van der Waals surface area contributed by atoms with E-state index in [1.54, 1.807) is 12.1 Å². The fourth-order valence-electron chi connectivity index (χ4n) is 2.64. The van der Waals surface area contributed by atoms with Crippen molar-refractivity contribution in [2.24, 2.45) is 11.1 Å². The maximum absolute atomic E-state index is 12.9. The zero-order valence-corrected chi connectivity index (χ0v) is 17.8. The molecule has 1 amide bonds. The molecule has 0 aliphatic rings. The molecule has 2 aromatic carbocycles. The molecule has 0 saturated heterocycles. The van der Waals surface area contributed by atoms with Crippen LogP contribution in [0, 0.1) is 15.5 Å². The zero-order chi connectivity index (χ0) is 23.3. The summed E-state index contributed by atoms with van der Waals surface area (Å²) >= 11 is 0.835. The second-order valence-electron chi connectivity index (χ2n) is 6.70. The lowest BCUT2D eigenvalue weighted by Gasteiger charge is -2.13. The van der Waals surface area contributed by atoms with E-state index in [0.717, 1.165) is 22.5 Å². The Morgan fingerprint density at radius 1 is 1.23 bits per heavy atom. The number of non-ortho nitro benzene ring substituents is 1. The number of hydrogen-bond donors (Lipinski definition) is 4. The minimum absolute atomic E-state index is 0.0356. The third kappa shape index (κ3) is 5.63. The molecule has 11 nitrogen and oxygen atoms in total. The van der Waals surface area contributed by atoms with Gasteiger partial charge < -0.3 is 10.4 Å². The maximum atomic E-state index is 12.9. The summed E-state index contributed by atoms with van der Waals surface area (Å²) in [5.41, 5.74) is 0.519. The van der Waals surface area contributed by atoms with Crippen molar-refractivity contribution in [1.29, 1.82) is 5.41 Å². The monoisotopic (exact) mass is 445 g/mol. The molecule has 0 fully saturated rings. The number of carbonyl (C=O) groups is 2. The van der Waals surface area contributed by atoms with Crippen LogP contribution in [0.2, 0.25) is 0 Å². The third-order valence-electron chi connectivity index (χ3n) is 4.26. The van der Waals surface area contributed by atoms with Gasteiger partial charge in [0, 0.05) is 27.9 Å². The van der Waals surface area contributed by atoms with Gasteiger partial charge in [0.1, 0.15) is 0 Å². The highest BCUT2D eigenvalue weighted by Gasteiger charge is 2.21. The molecule has 2 rings (SSSR count). The number of carboxylic acids is 1. The molecule has 0 heterocycles. The second kappa shape index (κ2) is 9.80. The molecule has 0 aliphatic heterocycles. The van der Waals surface area contributed by atoms with Gasteiger partial charge in [0.25, 0.3) is 11.6 Å². The average Bonchev–Trinajstić information content (AvgIpc) is 2.72. The number of rotatable bonds is 6. The number of nitrogens with one attached hydrogen (secondary N) is 2. The lowest BCUT2D eigenvalue weighted by atomic mass is 9.96. The van der Waals surface area contributed by atoms with E-state index in [9.17, 15) is 24.8 Å². The molecule has 0 unspecified atom stereocenters. The molecule has 5 N–H and O–H groups in total. The molecule has 0 spiro atoms. The van der Waals surface area contributed by atoms with Gasteiger partial charge in [0.2, 0.25) is 0 Å². The summed E-state index contributed by atoms with van der Waals surface area (Å²) in [6.07, 6.45) is 0. The standard InChI is InChI=1S/C19H20N6O5S/c1-10(2)13-6-4-11(8-14(13)18(27)28)22-17(26)15-9-12(25(29)30)5-7-16(15)31-19(20)24(3)23-21/h4-10,20-21H,1-3H3,(H2,22,26,27,28)/p+1. The van der Waals surface area contributed by atoms with Crippen LogP contribution in [0.15, 0.2) is 46.5 Å². The molecule has 0 radical (unpaired) electrons. The van der Waals surface area contributed by atoms with E-state index in [1.807, 2.05) is 13.8 Å². The Balaban J connectivity index is 2.44.